The minimum Gasteiger partial charge on any atom is -0.353 e. The van der Waals surface area contributed by atoms with Crippen LogP contribution in [0, 0.1) is 5.82 Å². The molecule has 0 aliphatic carbocycles. The van der Waals surface area contributed by atoms with Gasteiger partial charge >= 0.3 is 0 Å². The number of nitrogens with zero attached hydrogens (tertiary/aromatic N) is 1. The van der Waals surface area contributed by atoms with Gasteiger partial charge in [-0.3, -0.25) is 9.59 Å². The highest BCUT2D eigenvalue weighted by Gasteiger charge is 2.29. The van der Waals surface area contributed by atoms with Crippen molar-refractivity contribution in [2.45, 2.75) is 13.0 Å². The number of hydrogen-bond acceptors (Lipinski definition) is 2. The van der Waals surface area contributed by atoms with Crippen LogP contribution in [0.25, 0.3) is 0 Å². The zero-order valence-electron chi connectivity index (χ0n) is 9.74. The molecule has 0 saturated carbocycles. The molecule has 2 amide bonds. The fourth-order valence-electron chi connectivity index (χ4n) is 1.85. The van der Waals surface area contributed by atoms with E-state index in [1.807, 2.05) is 0 Å². The maximum atomic E-state index is 13.0. The van der Waals surface area contributed by atoms with Crippen LogP contribution in [0.2, 0.25) is 5.02 Å². The van der Waals surface area contributed by atoms with Gasteiger partial charge in [-0.15, -0.1) is 0 Å². The lowest BCUT2D eigenvalue weighted by Gasteiger charge is -2.32. The summed E-state index contributed by atoms with van der Waals surface area (Å²) in [6, 6.07) is 3.25. The smallest absolute Gasteiger partial charge is 0.254 e. The SMILES string of the molecule is CC1C(=O)NCCN1C(=O)c1ccc(F)c(Cl)c1. The average Bonchev–Trinajstić information content (AvgIpc) is 2.35. The molecule has 0 aromatic heterocycles. The second-order valence-corrected chi connectivity index (χ2v) is 4.50. The molecule has 0 spiro atoms. The second-order valence-electron chi connectivity index (χ2n) is 4.09. The van der Waals surface area contributed by atoms with Gasteiger partial charge in [-0.05, 0) is 25.1 Å². The van der Waals surface area contributed by atoms with Crippen LogP contribution in [0.15, 0.2) is 18.2 Å². The molecule has 1 N–H and O–H groups in total. The van der Waals surface area contributed by atoms with Crippen LogP contribution in [0.1, 0.15) is 17.3 Å². The molecule has 96 valence electrons. The van der Waals surface area contributed by atoms with Crippen LogP contribution in [0.4, 0.5) is 4.39 Å². The predicted molar refractivity (Wildman–Crippen MR) is 64.9 cm³/mol. The molecule has 1 aromatic carbocycles. The molecule has 1 aliphatic rings. The van der Waals surface area contributed by atoms with Crippen LogP contribution in [-0.2, 0) is 4.79 Å². The Morgan fingerprint density at radius 2 is 2.28 bits per heavy atom. The van der Waals surface area contributed by atoms with Crippen molar-refractivity contribution < 1.29 is 14.0 Å². The topological polar surface area (TPSA) is 49.4 Å². The van der Waals surface area contributed by atoms with Crippen molar-refractivity contribution in [1.29, 1.82) is 0 Å². The lowest BCUT2D eigenvalue weighted by molar-refractivity contribution is -0.127. The van der Waals surface area contributed by atoms with Crippen molar-refractivity contribution in [2.24, 2.45) is 0 Å². The number of nitrogens with one attached hydrogen (secondary N) is 1. The fraction of sp³-hybridized carbons (Fsp3) is 0.333. The molecule has 1 atom stereocenters. The van der Waals surface area contributed by atoms with E-state index < -0.39 is 11.9 Å². The lowest BCUT2D eigenvalue weighted by Crippen LogP contribution is -2.55. The van der Waals surface area contributed by atoms with Crippen LogP contribution < -0.4 is 5.32 Å². The standard InChI is InChI=1S/C12H12ClFN2O2/c1-7-11(17)15-4-5-16(7)12(18)8-2-3-10(14)9(13)6-8/h2-3,6-7H,4-5H2,1H3,(H,15,17). The molecule has 1 fully saturated rings. The van der Waals surface area contributed by atoms with Crippen molar-refractivity contribution >= 4 is 23.4 Å². The van der Waals surface area contributed by atoms with E-state index in [-0.39, 0.29) is 22.4 Å². The van der Waals surface area contributed by atoms with E-state index in [9.17, 15) is 14.0 Å². The van der Waals surface area contributed by atoms with E-state index in [1.54, 1.807) is 6.92 Å². The van der Waals surface area contributed by atoms with Gasteiger partial charge < -0.3 is 10.2 Å². The summed E-state index contributed by atoms with van der Waals surface area (Å²) in [5, 5.41) is 2.57. The van der Waals surface area contributed by atoms with Crippen LogP contribution in [0.3, 0.4) is 0 Å². The molecule has 1 heterocycles. The van der Waals surface area contributed by atoms with Gasteiger partial charge in [-0.2, -0.15) is 0 Å². The highest BCUT2D eigenvalue weighted by Crippen LogP contribution is 2.18. The molecule has 18 heavy (non-hydrogen) atoms. The molecule has 6 heteroatoms. The normalized spacial score (nSPS) is 19.6. The zero-order valence-corrected chi connectivity index (χ0v) is 10.5. The number of amides is 2. The highest BCUT2D eigenvalue weighted by atomic mass is 35.5. The highest BCUT2D eigenvalue weighted by molar-refractivity contribution is 6.31. The van der Waals surface area contributed by atoms with Crippen molar-refractivity contribution in [3.63, 3.8) is 0 Å². The molecular weight excluding hydrogens is 259 g/mol. The number of benzene rings is 1. The van der Waals surface area contributed by atoms with Crippen LogP contribution in [-0.4, -0.2) is 35.8 Å². The van der Waals surface area contributed by atoms with E-state index in [1.165, 1.54) is 17.0 Å². The number of carbonyl (C=O) groups excluding carboxylic acids is 2. The first kappa shape index (κ1) is 12.8. The van der Waals surface area contributed by atoms with Gasteiger partial charge in [0.1, 0.15) is 11.9 Å². The van der Waals surface area contributed by atoms with Crippen LogP contribution >= 0.6 is 11.6 Å². The number of piperazine rings is 1. The van der Waals surface area contributed by atoms with Crippen molar-refractivity contribution in [3.8, 4) is 0 Å². The Bertz CT molecular complexity index is 507. The maximum Gasteiger partial charge on any atom is 0.254 e. The van der Waals surface area contributed by atoms with Gasteiger partial charge in [0.25, 0.3) is 5.91 Å². The fourth-order valence-corrected chi connectivity index (χ4v) is 2.04. The first-order valence-electron chi connectivity index (χ1n) is 5.54. The molecular formula is C12H12ClFN2O2. The third-order valence-electron chi connectivity index (χ3n) is 2.93. The van der Waals surface area contributed by atoms with Crippen molar-refractivity contribution in [2.75, 3.05) is 13.1 Å². The van der Waals surface area contributed by atoms with Crippen molar-refractivity contribution in [1.82, 2.24) is 10.2 Å². The van der Waals surface area contributed by atoms with Crippen molar-refractivity contribution in [3.05, 3.63) is 34.6 Å². The first-order valence-corrected chi connectivity index (χ1v) is 5.92. The maximum absolute atomic E-state index is 13.0. The summed E-state index contributed by atoms with van der Waals surface area (Å²) in [5.41, 5.74) is 0.281. The van der Waals surface area contributed by atoms with E-state index >= 15 is 0 Å². The second kappa shape index (κ2) is 4.94. The Balaban J connectivity index is 2.25. The molecule has 1 aliphatic heterocycles. The minimum absolute atomic E-state index is 0.102. The molecule has 2 rings (SSSR count). The van der Waals surface area contributed by atoms with Gasteiger partial charge in [0.15, 0.2) is 0 Å². The minimum atomic E-state index is -0.572. The molecule has 0 radical (unpaired) electrons. The molecule has 1 aromatic rings. The summed E-state index contributed by atoms with van der Waals surface area (Å²) >= 11 is 5.64. The Hall–Kier alpha value is -1.62. The molecule has 4 nitrogen and oxygen atoms in total. The average molecular weight is 271 g/mol. The molecule has 1 unspecified atom stereocenters. The Kier molecular flexibility index (Phi) is 3.52. The summed E-state index contributed by atoms with van der Waals surface area (Å²) < 4.78 is 13.0. The number of hydrogen-bond donors (Lipinski definition) is 1. The summed E-state index contributed by atoms with van der Waals surface area (Å²) in [5.74, 6) is -1.08. The van der Waals surface area contributed by atoms with E-state index in [0.29, 0.717) is 13.1 Å². The van der Waals surface area contributed by atoms with Gasteiger partial charge in [0.05, 0.1) is 5.02 Å². The summed E-state index contributed by atoms with van der Waals surface area (Å²) in [7, 11) is 0. The van der Waals surface area contributed by atoms with Gasteiger partial charge in [-0.1, -0.05) is 11.6 Å². The third kappa shape index (κ3) is 2.31. The third-order valence-corrected chi connectivity index (χ3v) is 3.22. The van der Waals surface area contributed by atoms with Gasteiger partial charge in [0.2, 0.25) is 5.91 Å². The van der Waals surface area contributed by atoms with E-state index in [0.717, 1.165) is 6.07 Å². The van der Waals surface area contributed by atoms with Gasteiger partial charge in [0, 0.05) is 18.7 Å². The Morgan fingerprint density at radius 3 is 2.94 bits per heavy atom. The summed E-state index contributed by atoms with van der Waals surface area (Å²) in [6.45, 7) is 2.50. The number of carbonyl (C=O) groups is 2. The van der Waals surface area contributed by atoms with Crippen LogP contribution in [0.5, 0.6) is 0 Å². The monoisotopic (exact) mass is 270 g/mol. The lowest BCUT2D eigenvalue weighted by atomic mass is 10.1. The van der Waals surface area contributed by atoms with E-state index in [2.05, 4.69) is 5.32 Å². The summed E-state index contributed by atoms with van der Waals surface area (Å²) in [6.07, 6.45) is 0. The predicted octanol–water partition coefficient (Wildman–Crippen LogP) is 1.44. The first-order chi connectivity index (χ1) is 8.50. The Labute approximate surface area is 109 Å². The quantitative estimate of drug-likeness (QED) is 0.839. The zero-order chi connectivity index (χ0) is 13.3. The number of rotatable bonds is 1. The molecule has 1 saturated heterocycles. The Morgan fingerprint density at radius 1 is 1.56 bits per heavy atom. The summed E-state index contributed by atoms with van der Waals surface area (Å²) in [4.78, 5) is 25.1. The van der Waals surface area contributed by atoms with E-state index in [4.69, 9.17) is 11.6 Å². The molecule has 0 bridgehead atoms. The number of halogens is 2. The largest absolute Gasteiger partial charge is 0.353 e. The van der Waals surface area contributed by atoms with Gasteiger partial charge in [-0.25, -0.2) is 4.39 Å².